The molecule has 1 heterocycles. The van der Waals surface area contributed by atoms with Crippen molar-refractivity contribution < 1.29 is 9.90 Å². The van der Waals surface area contributed by atoms with Crippen LogP contribution in [-0.4, -0.2) is 27.7 Å². The molecule has 0 saturated carbocycles. The molecule has 4 heteroatoms. The minimum atomic E-state index is -0.867. The second-order valence-corrected chi connectivity index (χ2v) is 4.53. The summed E-state index contributed by atoms with van der Waals surface area (Å²) in [6.45, 7) is 0.910. The molecule has 0 radical (unpaired) electrons. The van der Waals surface area contributed by atoms with Crippen molar-refractivity contribution in [1.29, 1.82) is 0 Å². The Bertz CT molecular complexity index is 519. The van der Waals surface area contributed by atoms with E-state index in [0.717, 1.165) is 23.2 Å². The molecular formula is C12H13NO2S. The van der Waals surface area contributed by atoms with Crippen LogP contribution < -0.4 is 0 Å². The van der Waals surface area contributed by atoms with Crippen LogP contribution in [0.25, 0.3) is 10.9 Å². The molecule has 0 aliphatic carbocycles. The van der Waals surface area contributed by atoms with E-state index >= 15 is 0 Å². The van der Waals surface area contributed by atoms with E-state index in [-0.39, 0.29) is 0 Å². The molecule has 1 N–H and O–H groups in total. The monoisotopic (exact) mass is 235 g/mol. The Morgan fingerprint density at radius 1 is 1.44 bits per heavy atom. The quantitative estimate of drug-likeness (QED) is 0.886. The lowest BCUT2D eigenvalue weighted by molar-refractivity contribution is 0.0699. The fourth-order valence-electron chi connectivity index (χ4n) is 1.79. The highest BCUT2D eigenvalue weighted by Crippen LogP contribution is 2.20. The predicted molar refractivity (Wildman–Crippen MR) is 67.3 cm³/mol. The fourth-order valence-corrected chi connectivity index (χ4v) is 2.17. The van der Waals surface area contributed by atoms with Gasteiger partial charge in [-0.2, -0.15) is 11.8 Å². The third-order valence-electron chi connectivity index (χ3n) is 2.58. The Morgan fingerprint density at radius 2 is 2.25 bits per heavy atom. The number of nitrogens with zero attached hydrogens (tertiary/aromatic N) is 1. The highest BCUT2D eigenvalue weighted by molar-refractivity contribution is 7.98. The predicted octanol–water partition coefficient (Wildman–Crippen LogP) is 2.70. The van der Waals surface area contributed by atoms with E-state index in [9.17, 15) is 4.79 Å². The van der Waals surface area contributed by atoms with Gasteiger partial charge < -0.3 is 9.67 Å². The molecule has 84 valence electrons. The minimum absolute atomic E-state index is 0.375. The first-order chi connectivity index (χ1) is 7.74. The minimum Gasteiger partial charge on any atom is -0.478 e. The standard InChI is InChI=1S/C12H13NO2S/c1-16-8-7-13-6-5-9-10(12(14)15)3-2-4-11(9)13/h2-6H,7-8H2,1H3,(H,14,15). The highest BCUT2D eigenvalue weighted by Gasteiger charge is 2.10. The zero-order valence-electron chi connectivity index (χ0n) is 9.01. The normalized spacial score (nSPS) is 10.8. The molecule has 0 amide bonds. The first-order valence-corrected chi connectivity index (χ1v) is 6.43. The molecule has 0 saturated heterocycles. The maximum Gasteiger partial charge on any atom is 0.336 e. The van der Waals surface area contributed by atoms with E-state index in [1.54, 1.807) is 23.9 Å². The van der Waals surface area contributed by atoms with E-state index in [1.165, 1.54) is 0 Å². The smallest absolute Gasteiger partial charge is 0.336 e. The van der Waals surface area contributed by atoms with Gasteiger partial charge in [-0.25, -0.2) is 4.79 Å². The van der Waals surface area contributed by atoms with Crippen molar-refractivity contribution in [3.05, 3.63) is 36.0 Å². The lowest BCUT2D eigenvalue weighted by Crippen LogP contribution is -2.00. The molecule has 3 nitrogen and oxygen atoms in total. The fraction of sp³-hybridized carbons (Fsp3) is 0.250. The molecule has 1 aromatic carbocycles. The maximum absolute atomic E-state index is 11.0. The number of carboxylic acid groups (broad SMARTS) is 1. The van der Waals surface area contributed by atoms with Crippen molar-refractivity contribution in [1.82, 2.24) is 4.57 Å². The van der Waals surface area contributed by atoms with Gasteiger partial charge in [-0.1, -0.05) is 6.07 Å². The van der Waals surface area contributed by atoms with Crippen LogP contribution in [0.4, 0.5) is 0 Å². The van der Waals surface area contributed by atoms with Crippen LogP contribution in [0.2, 0.25) is 0 Å². The first-order valence-electron chi connectivity index (χ1n) is 5.04. The van der Waals surface area contributed by atoms with E-state index in [0.29, 0.717) is 5.56 Å². The van der Waals surface area contributed by atoms with Gasteiger partial charge >= 0.3 is 5.97 Å². The van der Waals surface area contributed by atoms with E-state index in [2.05, 4.69) is 10.8 Å². The molecule has 0 unspecified atom stereocenters. The average Bonchev–Trinajstić information content (AvgIpc) is 2.69. The Hall–Kier alpha value is -1.42. The summed E-state index contributed by atoms with van der Waals surface area (Å²) >= 11 is 1.78. The van der Waals surface area contributed by atoms with Gasteiger partial charge in [-0.15, -0.1) is 0 Å². The second kappa shape index (κ2) is 4.61. The molecule has 16 heavy (non-hydrogen) atoms. The number of aromatic nitrogens is 1. The molecule has 0 aliphatic rings. The molecule has 2 aromatic rings. The van der Waals surface area contributed by atoms with Gasteiger partial charge in [0.25, 0.3) is 0 Å². The third-order valence-corrected chi connectivity index (χ3v) is 3.17. The summed E-state index contributed by atoms with van der Waals surface area (Å²) in [5, 5.41) is 9.87. The SMILES string of the molecule is CSCCn1ccc2c(C(=O)O)cccc21. The van der Waals surface area contributed by atoms with Gasteiger partial charge in [0, 0.05) is 29.4 Å². The molecule has 0 aliphatic heterocycles. The summed E-state index contributed by atoms with van der Waals surface area (Å²) < 4.78 is 2.10. The van der Waals surface area contributed by atoms with Crippen molar-refractivity contribution in [2.75, 3.05) is 12.0 Å². The Kier molecular flexibility index (Phi) is 3.19. The van der Waals surface area contributed by atoms with Crippen LogP contribution in [0.5, 0.6) is 0 Å². The summed E-state index contributed by atoms with van der Waals surface area (Å²) in [6.07, 6.45) is 4.02. The van der Waals surface area contributed by atoms with Crippen LogP contribution in [0.3, 0.4) is 0 Å². The zero-order chi connectivity index (χ0) is 11.5. The first kappa shape index (κ1) is 11.1. The summed E-state index contributed by atoms with van der Waals surface area (Å²) in [5.74, 6) is 0.161. The van der Waals surface area contributed by atoms with Crippen molar-refractivity contribution in [3.8, 4) is 0 Å². The van der Waals surface area contributed by atoms with E-state index in [1.807, 2.05) is 18.3 Å². The van der Waals surface area contributed by atoms with Crippen LogP contribution in [0, 0.1) is 0 Å². The average molecular weight is 235 g/mol. The number of rotatable bonds is 4. The number of hydrogen-bond acceptors (Lipinski definition) is 2. The van der Waals surface area contributed by atoms with Crippen LogP contribution in [0.15, 0.2) is 30.5 Å². The van der Waals surface area contributed by atoms with Crippen molar-refractivity contribution in [3.63, 3.8) is 0 Å². The van der Waals surface area contributed by atoms with Crippen LogP contribution in [-0.2, 0) is 6.54 Å². The Labute approximate surface area is 98.1 Å². The molecule has 1 aromatic heterocycles. The van der Waals surface area contributed by atoms with Crippen molar-refractivity contribution in [2.24, 2.45) is 0 Å². The Morgan fingerprint density at radius 3 is 2.94 bits per heavy atom. The zero-order valence-corrected chi connectivity index (χ0v) is 9.83. The number of hydrogen-bond donors (Lipinski definition) is 1. The summed E-state index contributed by atoms with van der Waals surface area (Å²) in [6, 6.07) is 7.27. The lowest BCUT2D eigenvalue weighted by atomic mass is 10.1. The number of aromatic carboxylic acids is 1. The van der Waals surface area contributed by atoms with E-state index < -0.39 is 5.97 Å². The van der Waals surface area contributed by atoms with Crippen LogP contribution >= 0.6 is 11.8 Å². The molecule has 0 bridgehead atoms. The van der Waals surface area contributed by atoms with Gasteiger partial charge in [0.1, 0.15) is 0 Å². The van der Waals surface area contributed by atoms with Gasteiger partial charge in [0.2, 0.25) is 0 Å². The molecule has 0 spiro atoms. The highest BCUT2D eigenvalue weighted by atomic mass is 32.2. The van der Waals surface area contributed by atoms with Crippen molar-refractivity contribution in [2.45, 2.75) is 6.54 Å². The topological polar surface area (TPSA) is 42.2 Å². The van der Waals surface area contributed by atoms with Gasteiger partial charge in [-0.05, 0) is 24.5 Å². The van der Waals surface area contributed by atoms with Gasteiger partial charge in [0.05, 0.1) is 5.56 Å². The number of benzene rings is 1. The number of thioether (sulfide) groups is 1. The summed E-state index contributed by atoms with van der Waals surface area (Å²) in [7, 11) is 0. The lowest BCUT2D eigenvalue weighted by Gasteiger charge is -2.04. The molecule has 0 atom stereocenters. The largest absolute Gasteiger partial charge is 0.478 e. The molecule has 0 fully saturated rings. The molecular weight excluding hydrogens is 222 g/mol. The number of aryl methyl sites for hydroxylation is 1. The van der Waals surface area contributed by atoms with Gasteiger partial charge in [-0.3, -0.25) is 0 Å². The van der Waals surface area contributed by atoms with Crippen molar-refractivity contribution >= 4 is 28.6 Å². The number of fused-ring (bicyclic) bond motifs is 1. The number of carboxylic acids is 1. The molecule has 2 rings (SSSR count). The summed E-state index contributed by atoms with van der Waals surface area (Å²) in [4.78, 5) is 11.0. The maximum atomic E-state index is 11.0. The number of carbonyl (C=O) groups is 1. The van der Waals surface area contributed by atoms with Gasteiger partial charge in [0.15, 0.2) is 0 Å². The summed E-state index contributed by atoms with van der Waals surface area (Å²) in [5.41, 5.74) is 1.37. The third kappa shape index (κ3) is 1.93. The Balaban J connectivity index is 2.48. The van der Waals surface area contributed by atoms with Crippen LogP contribution in [0.1, 0.15) is 10.4 Å². The second-order valence-electron chi connectivity index (χ2n) is 3.55. The van der Waals surface area contributed by atoms with E-state index in [4.69, 9.17) is 5.11 Å².